The lowest BCUT2D eigenvalue weighted by Gasteiger charge is -2.25. The molecule has 0 radical (unpaired) electrons. The van der Waals surface area contributed by atoms with Crippen molar-refractivity contribution in [1.29, 1.82) is 0 Å². The van der Waals surface area contributed by atoms with Gasteiger partial charge >= 0.3 is 0 Å². The predicted molar refractivity (Wildman–Crippen MR) is 66.1 cm³/mol. The van der Waals surface area contributed by atoms with Crippen LogP contribution in [0.3, 0.4) is 0 Å². The zero-order valence-electron chi connectivity index (χ0n) is 9.03. The molecule has 1 N–H and O–H groups in total. The van der Waals surface area contributed by atoms with E-state index in [2.05, 4.69) is 15.9 Å². The molecule has 2 nitrogen and oxygen atoms in total. The summed E-state index contributed by atoms with van der Waals surface area (Å²) < 4.78 is 0.937. The molecule has 1 saturated carbocycles. The normalized spacial score (nSPS) is 23.1. The topological polar surface area (TPSA) is 37.3 Å². The number of aliphatic hydroxyl groups excluding tert-OH is 1. The molecule has 0 aromatic heterocycles. The highest BCUT2D eigenvalue weighted by molar-refractivity contribution is 9.10. The fraction of sp³-hybridized carbons (Fsp3) is 0.462. The van der Waals surface area contributed by atoms with E-state index in [1.54, 1.807) is 0 Å². The van der Waals surface area contributed by atoms with Gasteiger partial charge in [0, 0.05) is 16.8 Å². The maximum absolute atomic E-state index is 11.7. The number of halogens is 1. The number of hydrogen-bond donors (Lipinski definition) is 1. The quantitative estimate of drug-likeness (QED) is 0.904. The minimum Gasteiger partial charge on any atom is -0.388 e. The third kappa shape index (κ3) is 2.53. The van der Waals surface area contributed by atoms with Crippen LogP contribution in [0.4, 0.5) is 0 Å². The molecule has 86 valence electrons. The van der Waals surface area contributed by atoms with Gasteiger partial charge in [-0.05, 0) is 30.5 Å². The summed E-state index contributed by atoms with van der Waals surface area (Å²) in [5, 5.41) is 10.2. The largest absolute Gasteiger partial charge is 0.388 e. The summed E-state index contributed by atoms with van der Waals surface area (Å²) in [5.74, 6) is 0.00164. The van der Waals surface area contributed by atoms with Gasteiger partial charge in [0.25, 0.3) is 0 Å². The van der Waals surface area contributed by atoms with Crippen LogP contribution in [0.1, 0.15) is 37.4 Å². The Morgan fingerprint density at radius 3 is 2.88 bits per heavy atom. The molecular weight excluding hydrogens is 268 g/mol. The number of ketones is 1. The highest BCUT2D eigenvalue weighted by Gasteiger charge is 2.29. The van der Waals surface area contributed by atoms with Crippen molar-refractivity contribution in [1.82, 2.24) is 0 Å². The van der Waals surface area contributed by atoms with E-state index in [0.29, 0.717) is 6.42 Å². The Hall–Kier alpha value is -0.670. The van der Waals surface area contributed by atoms with Crippen LogP contribution in [0.25, 0.3) is 0 Å². The van der Waals surface area contributed by atoms with Crippen molar-refractivity contribution in [3.05, 3.63) is 34.3 Å². The lowest BCUT2D eigenvalue weighted by Crippen LogP contribution is -2.25. The standard InChI is InChI=1S/C13H15BrO2/c14-10-5-3-4-9(8-10)13(16)11-6-1-2-7-12(11)15/h3-5,8,11,13,16H,1-2,6-7H2/t11-,13-/m1/s1. The van der Waals surface area contributed by atoms with Gasteiger partial charge in [-0.1, -0.05) is 34.5 Å². The number of aliphatic hydroxyl groups is 1. The summed E-state index contributed by atoms with van der Waals surface area (Å²) in [5.41, 5.74) is 0.828. The molecule has 16 heavy (non-hydrogen) atoms. The summed E-state index contributed by atoms with van der Waals surface area (Å²) in [6, 6.07) is 7.55. The Morgan fingerprint density at radius 2 is 2.19 bits per heavy atom. The number of Topliss-reactive ketones (excluding diaryl/α,β-unsaturated/α-hetero) is 1. The average molecular weight is 283 g/mol. The number of carbonyl (C=O) groups is 1. The fourth-order valence-electron chi connectivity index (χ4n) is 2.27. The number of carbonyl (C=O) groups excluding carboxylic acids is 1. The third-order valence-corrected chi connectivity index (χ3v) is 3.67. The summed E-state index contributed by atoms with van der Waals surface area (Å²) in [6.07, 6.45) is 2.80. The van der Waals surface area contributed by atoms with Crippen LogP contribution in [0.15, 0.2) is 28.7 Å². The van der Waals surface area contributed by atoms with Crippen LogP contribution in [0, 0.1) is 5.92 Å². The molecule has 0 bridgehead atoms. The monoisotopic (exact) mass is 282 g/mol. The highest BCUT2D eigenvalue weighted by atomic mass is 79.9. The van der Waals surface area contributed by atoms with E-state index in [0.717, 1.165) is 29.3 Å². The average Bonchev–Trinajstić information content (AvgIpc) is 2.29. The Morgan fingerprint density at radius 1 is 1.38 bits per heavy atom. The van der Waals surface area contributed by atoms with Gasteiger partial charge in [0.2, 0.25) is 0 Å². The second-order valence-corrected chi connectivity index (χ2v) is 5.23. The molecule has 0 saturated heterocycles. The molecular formula is C13H15BrO2. The van der Waals surface area contributed by atoms with Crippen LogP contribution >= 0.6 is 15.9 Å². The molecule has 2 atom stereocenters. The Labute approximate surface area is 104 Å². The zero-order valence-corrected chi connectivity index (χ0v) is 10.6. The molecule has 0 aliphatic heterocycles. The molecule has 0 heterocycles. The lowest BCUT2D eigenvalue weighted by molar-refractivity contribution is -0.128. The minimum absolute atomic E-state index is 0.206. The van der Waals surface area contributed by atoms with Crippen LogP contribution in [-0.4, -0.2) is 10.9 Å². The van der Waals surface area contributed by atoms with Crippen molar-refractivity contribution in [3.8, 4) is 0 Å². The predicted octanol–water partition coefficient (Wildman–Crippen LogP) is 3.24. The molecule has 1 fully saturated rings. The van der Waals surface area contributed by atoms with Crippen molar-refractivity contribution >= 4 is 21.7 Å². The molecule has 1 aliphatic carbocycles. The maximum Gasteiger partial charge on any atom is 0.138 e. The summed E-state index contributed by atoms with van der Waals surface area (Å²) in [7, 11) is 0. The van der Waals surface area contributed by atoms with Crippen LogP contribution in [-0.2, 0) is 4.79 Å². The lowest BCUT2D eigenvalue weighted by atomic mass is 9.82. The molecule has 2 rings (SSSR count). The maximum atomic E-state index is 11.7. The van der Waals surface area contributed by atoms with Crippen molar-refractivity contribution in [2.45, 2.75) is 31.8 Å². The van der Waals surface area contributed by atoms with Crippen molar-refractivity contribution in [3.63, 3.8) is 0 Å². The number of hydrogen-bond acceptors (Lipinski definition) is 2. The van der Waals surface area contributed by atoms with Gasteiger partial charge in [-0.2, -0.15) is 0 Å². The summed E-state index contributed by atoms with van der Waals surface area (Å²) in [4.78, 5) is 11.7. The second kappa shape index (κ2) is 5.11. The minimum atomic E-state index is -0.648. The zero-order chi connectivity index (χ0) is 11.5. The van der Waals surface area contributed by atoms with E-state index < -0.39 is 6.10 Å². The van der Waals surface area contributed by atoms with Crippen LogP contribution in [0.2, 0.25) is 0 Å². The first-order valence-electron chi connectivity index (χ1n) is 5.65. The molecule has 0 unspecified atom stereocenters. The fourth-order valence-corrected chi connectivity index (χ4v) is 2.68. The smallest absolute Gasteiger partial charge is 0.138 e. The summed E-state index contributed by atoms with van der Waals surface area (Å²) in [6.45, 7) is 0. The SMILES string of the molecule is O=C1CCCC[C@H]1[C@H](O)c1cccc(Br)c1. The summed E-state index contributed by atoms with van der Waals surface area (Å²) >= 11 is 3.37. The molecule has 0 spiro atoms. The van der Waals surface area contributed by atoms with Gasteiger partial charge in [0.1, 0.15) is 5.78 Å². The number of benzene rings is 1. The van der Waals surface area contributed by atoms with Crippen molar-refractivity contribution < 1.29 is 9.90 Å². The van der Waals surface area contributed by atoms with Crippen LogP contribution in [0.5, 0.6) is 0 Å². The first-order valence-corrected chi connectivity index (χ1v) is 6.44. The molecule has 1 aliphatic rings. The first-order chi connectivity index (χ1) is 7.68. The van der Waals surface area contributed by atoms with Crippen molar-refractivity contribution in [2.75, 3.05) is 0 Å². The Kier molecular flexibility index (Phi) is 3.77. The Bertz CT molecular complexity index is 389. The first kappa shape index (κ1) is 11.8. The van der Waals surface area contributed by atoms with E-state index in [4.69, 9.17) is 0 Å². The molecule has 1 aromatic carbocycles. The van der Waals surface area contributed by atoms with E-state index in [-0.39, 0.29) is 11.7 Å². The third-order valence-electron chi connectivity index (χ3n) is 3.17. The molecule has 3 heteroatoms. The molecule has 0 amide bonds. The van der Waals surface area contributed by atoms with Crippen molar-refractivity contribution in [2.24, 2.45) is 5.92 Å². The van der Waals surface area contributed by atoms with Gasteiger partial charge in [-0.3, -0.25) is 4.79 Å². The van der Waals surface area contributed by atoms with Gasteiger partial charge in [-0.25, -0.2) is 0 Å². The highest BCUT2D eigenvalue weighted by Crippen LogP contribution is 2.32. The second-order valence-electron chi connectivity index (χ2n) is 4.32. The Balaban J connectivity index is 2.17. The van der Waals surface area contributed by atoms with E-state index in [9.17, 15) is 9.90 Å². The van der Waals surface area contributed by atoms with Crippen LogP contribution < -0.4 is 0 Å². The van der Waals surface area contributed by atoms with Gasteiger partial charge in [-0.15, -0.1) is 0 Å². The van der Waals surface area contributed by atoms with Gasteiger partial charge in [0.05, 0.1) is 6.10 Å². The van der Waals surface area contributed by atoms with Gasteiger partial charge in [0.15, 0.2) is 0 Å². The van der Waals surface area contributed by atoms with E-state index in [1.165, 1.54) is 0 Å². The van der Waals surface area contributed by atoms with E-state index >= 15 is 0 Å². The molecule has 1 aromatic rings. The van der Waals surface area contributed by atoms with E-state index in [1.807, 2.05) is 24.3 Å². The van der Waals surface area contributed by atoms with Gasteiger partial charge < -0.3 is 5.11 Å². The number of rotatable bonds is 2.